The highest BCUT2D eigenvalue weighted by Crippen LogP contribution is 2.54. The van der Waals surface area contributed by atoms with E-state index in [1.54, 1.807) is 25.5 Å². The van der Waals surface area contributed by atoms with Crippen molar-refractivity contribution in [3.05, 3.63) is 46.8 Å². The van der Waals surface area contributed by atoms with E-state index in [1.165, 1.54) is 12.3 Å². The summed E-state index contributed by atoms with van der Waals surface area (Å²) in [6.07, 6.45) is 6.35. The second kappa shape index (κ2) is 8.55. The van der Waals surface area contributed by atoms with Crippen LogP contribution in [-0.4, -0.2) is 43.9 Å². The molecule has 3 aliphatic carbocycles. The van der Waals surface area contributed by atoms with Crippen LogP contribution in [0.5, 0.6) is 0 Å². The van der Waals surface area contributed by atoms with Crippen molar-refractivity contribution >= 4 is 23.3 Å². The number of Topliss-reactive ketones (excluding diaryl/α,β-unsaturated/α-hetero) is 1. The maximum absolute atomic E-state index is 13.3. The number of fused-ring (bicyclic) bond motifs is 2. The van der Waals surface area contributed by atoms with Crippen molar-refractivity contribution in [3.8, 4) is 0 Å². The van der Waals surface area contributed by atoms with Crippen LogP contribution in [0.15, 0.2) is 18.3 Å². The van der Waals surface area contributed by atoms with E-state index in [-0.39, 0.29) is 17.7 Å². The zero-order chi connectivity index (χ0) is 25.1. The smallest absolute Gasteiger partial charge is 0.294 e. The number of aromatic nitrogens is 2. The Balaban J connectivity index is 1.33. The predicted molar refractivity (Wildman–Crippen MR) is 126 cm³/mol. The summed E-state index contributed by atoms with van der Waals surface area (Å²) in [5, 5.41) is 16.5. The molecule has 5 rings (SSSR count). The van der Waals surface area contributed by atoms with Gasteiger partial charge in [-0.05, 0) is 87.8 Å². The lowest BCUT2D eigenvalue weighted by atomic mass is 9.54. The molecule has 3 bridgehead atoms. The molecule has 3 N–H and O–H groups in total. The lowest BCUT2D eigenvalue weighted by Gasteiger charge is -2.55. The van der Waals surface area contributed by atoms with E-state index in [9.17, 15) is 23.9 Å². The van der Waals surface area contributed by atoms with Gasteiger partial charge in [0.05, 0.1) is 28.7 Å². The Morgan fingerprint density at radius 3 is 2.60 bits per heavy atom. The number of carbonyl (C=O) groups excluding carboxylic acids is 3. The molecule has 2 heterocycles. The third-order valence-corrected chi connectivity index (χ3v) is 8.54. The number of hydrogen-bond acceptors (Lipinski definition) is 5. The molecular formula is C26H31FN4O4. The van der Waals surface area contributed by atoms with Crippen LogP contribution in [0.1, 0.15) is 70.6 Å². The normalized spacial score (nSPS) is 29.1. The van der Waals surface area contributed by atoms with E-state index < -0.39 is 29.1 Å². The highest BCUT2D eigenvalue weighted by Gasteiger charge is 2.51. The van der Waals surface area contributed by atoms with Crippen LogP contribution in [0.25, 0.3) is 0 Å². The Labute approximate surface area is 203 Å². The molecule has 2 amide bonds. The van der Waals surface area contributed by atoms with Gasteiger partial charge in [-0.15, -0.1) is 0 Å². The molecule has 2 aromatic heterocycles. The fraction of sp³-hybridized carbons (Fsp3) is 0.538. The Kier molecular flexibility index (Phi) is 5.78. The first-order valence-corrected chi connectivity index (χ1v) is 12.2. The highest BCUT2D eigenvalue weighted by atomic mass is 19.1. The van der Waals surface area contributed by atoms with Gasteiger partial charge in [-0.25, -0.2) is 4.98 Å². The number of hydrogen-bond donors (Lipinski definition) is 3. The SMILES string of the molecule is Cc1c(C(=O)Nc2ccc(F)nc2)c(C)n(C)c1C(=O)C(=O)N[C@@H]1CC2CC[C@]3(O)CC2CC1C3. The first kappa shape index (κ1) is 23.7. The fourth-order valence-electron chi connectivity index (χ4n) is 6.80. The van der Waals surface area contributed by atoms with Crippen molar-refractivity contribution in [1.29, 1.82) is 0 Å². The molecule has 35 heavy (non-hydrogen) atoms. The standard InChI is InChI=1S/C26H31FN4O4/c1-13-21(24(33)29-18-4-5-20(27)28-12-18)14(2)31(3)22(13)23(32)25(34)30-19-9-15-6-7-26(35)10-16(15)8-17(19)11-26/h4-5,12,15-17,19,35H,6-11H2,1-3H3,(H,29,33)(H,30,34)/t15?,16?,17?,19-,26+/m1/s1. The van der Waals surface area contributed by atoms with Crippen molar-refractivity contribution < 1.29 is 23.9 Å². The minimum atomic E-state index is -0.683. The van der Waals surface area contributed by atoms with Crippen molar-refractivity contribution in [2.45, 2.75) is 64.0 Å². The van der Waals surface area contributed by atoms with Gasteiger partial charge in [0.25, 0.3) is 17.6 Å². The number of nitrogens with zero attached hydrogens (tertiary/aromatic N) is 2. The molecule has 8 nitrogen and oxygen atoms in total. The number of halogens is 1. The summed E-state index contributed by atoms with van der Waals surface area (Å²) in [6, 6.07) is 2.41. The summed E-state index contributed by atoms with van der Waals surface area (Å²) in [5.41, 5.74) is 1.10. The van der Waals surface area contributed by atoms with Gasteiger partial charge in [-0.3, -0.25) is 14.4 Å². The number of anilines is 1. The number of carbonyl (C=O) groups is 3. The lowest BCUT2D eigenvalue weighted by molar-refractivity contribution is -0.128. The van der Waals surface area contributed by atoms with Gasteiger partial charge < -0.3 is 20.3 Å². The molecule has 3 fully saturated rings. The van der Waals surface area contributed by atoms with E-state index >= 15 is 0 Å². The number of pyridine rings is 1. The van der Waals surface area contributed by atoms with E-state index in [0.29, 0.717) is 40.8 Å². The van der Waals surface area contributed by atoms with Crippen LogP contribution in [0.3, 0.4) is 0 Å². The summed E-state index contributed by atoms with van der Waals surface area (Å²) in [7, 11) is 1.65. The largest absolute Gasteiger partial charge is 0.390 e. The molecule has 3 saturated carbocycles. The molecule has 0 aliphatic heterocycles. The summed E-state index contributed by atoms with van der Waals surface area (Å²) in [4.78, 5) is 42.9. The Morgan fingerprint density at radius 1 is 1.14 bits per heavy atom. The van der Waals surface area contributed by atoms with Crippen LogP contribution in [0.2, 0.25) is 0 Å². The van der Waals surface area contributed by atoms with Gasteiger partial charge in [0, 0.05) is 18.8 Å². The lowest BCUT2D eigenvalue weighted by Crippen LogP contribution is -2.57. The van der Waals surface area contributed by atoms with Crippen molar-refractivity contribution in [2.75, 3.05) is 5.32 Å². The average molecular weight is 483 g/mol. The molecule has 186 valence electrons. The number of ketones is 1. The second-order valence-corrected chi connectivity index (χ2v) is 10.6. The fourth-order valence-corrected chi connectivity index (χ4v) is 6.80. The summed E-state index contributed by atoms with van der Waals surface area (Å²) < 4.78 is 14.6. The molecule has 0 aromatic carbocycles. The van der Waals surface area contributed by atoms with Gasteiger partial charge >= 0.3 is 0 Å². The van der Waals surface area contributed by atoms with Crippen LogP contribution < -0.4 is 10.6 Å². The topological polar surface area (TPSA) is 113 Å². The Bertz CT molecular complexity index is 1210. The van der Waals surface area contributed by atoms with Crippen LogP contribution in [0, 0.1) is 37.5 Å². The quantitative estimate of drug-likeness (QED) is 0.344. The number of nitrogens with one attached hydrogen (secondary N) is 2. The number of rotatable bonds is 5. The van der Waals surface area contributed by atoms with Gasteiger partial charge in [0.2, 0.25) is 5.95 Å². The van der Waals surface area contributed by atoms with Gasteiger partial charge in [-0.2, -0.15) is 4.39 Å². The third-order valence-electron chi connectivity index (χ3n) is 8.54. The summed E-state index contributed by atoms with van der Waals surface area (Å²) in [6.45, 7) is 3.35. The number of aliphatic hydroxyl groups is 1. The van der Waals surface area contributed by atoms with Crippen LogP contribution in [0.4, 0.5) is 10.1 Å². The monoisotopic (exact) mass is 482 g/mol. The highest BCUT2D eigenvalue weighted by molar-refractivity contribution is 6.43. The van der Waals surface area contributed by atoms with Gasteiger partial charge in [-0.1, -0.05) is 0 Å². The Hall–Kier alpha value is -3.07. The minimum Gasteiger partial charge on any atom is -0.390 e. The maximum atomic E-state index is 13.3. The van der Waals surface area contributed by atoms with Crippen LogP contribution >= 0.6 is 0 Å². The summed E-state index contributed by atoms with van der Waals surface area (Å²) in [5.74, 6) is -1.33. The molecule has 0 radical (unpaired) electrons. The van der Waals surface area contributed by atoms with Gasteiger partial charge in [0.15, 0.2) is 0 Å². The zero-order valence-electron chi connectivity index (χ0n) is 20.2. The molecule has 2 aromatic rings. The van der Waals surface area contributed by atoms with Crippen molar-refractivity contribution in [3.63, 3.8) is 0 Å². The minimum absolute atomic E-state index is 0.129. The zero-order valence-corrected chi connectivity index (χ0v) is 20.2. The maximum Gasteiger partial charge on any atom is 0.294 e. The van der Waals surface area contributed by atoms with E-state index in [4.69, 9.17) is 0 Å². The van der Waals surface area contributed by atoms with Gasteiger partial charge in [0.1, 0.15) is 0 Å². The molecule has 3 aliphatic rings. The molecule has 5 atom stereocenters. The van der Waals surface area contributed by atoms with Crippen molar-refractivity contribution in [2.24, 2.45) is 24.8 Å². The van der Waals surface area contributed by atoms with Crippen LogP contribution in [-0.2, 0) is 11.8 Å². The predicted octanol–water partition coefficient (Wildman–Crippen LogP) is 3.06. The van der Waals surface area contributed by atoms with E-state index in [0.717, 1.165) is 38.2 Å². The molecule has 0 spiro atoms. The number of amides is 2. The Morgan fingerprint density at radius 2 is 1.89 bits per heavy atom. The van der Waals surface area contributed by atoms with Crippen molar-refractivity contribution in [1.82, 2.24) is 14.9 Å². The average Bonchev–Trinajstić information content (AvgIpc) is 3.02. The van der Waals surface area contributed by atoms with E-state index in [2.05, 4.69) is 15.6 Å². The molecule has 9 heteroatoms. The summed E-state index contributed by atoms with van der Waals surface area (Å²) >= 11 is 0. The molecule has 0 saturated heterocycles. The first-order chi connectivity index (χ1) is 16.6. The molecule has 3 unspecified atom stereocenters. The second-order valence-electron chi connectivity index (χ2n) is 10.6. The van der Waals surface area contributed by atoms with E-state index in [1.807, 2.05) is 0 Å². The third kappa shape index (κ3) is 4.16. The first-order valence-electron chi connectivity index (χ1n) is 12.2. The molecular weight excluding hydrogens is 451 g/mol.